The van der Waals surface area contributed by atoms with E-state index < -0.39 is 0 Å². The van der Waals surface area contributed by atoms with Gasteiger partial charge in [0.05, 0.1) is 16.6 Å². The van der Waals surface area contributed by atoms with Crippen LogP contribution in [0.5, 0.6) is 0 Å². The average Bonchev–Trinajstić information content (AvgIpc) is 3.51. The fourth-order valence-electron chi connectivity index (χ4n) is 4.31. The second-order valence-corrected chi connectivity index (χ2v) is 8.26. The minimum atomic E-state index is -0.167. The van der Waals surface area contributed by atoms with Gasteiger partial charge in [0.15, 0.2) is 0 Å². The number of benzene rings is 1. The highest BCUT2D eigenvalue weighted by atomic mass is 16.1. The maximum Gasteiger partial charge on any atom is 0.268 e. The zero-order valence-corrected chi connectivity index (χ0v) is 17.5. The van der Waals surface area contributed by atoms with Crippen LogP contribution in [0.25, 0.3) is 27.9 Å². The van der Waals surface area contributed by atoms with Gasteiger partial charge in [0.25, 0.3) is 5.91 Å². The molecule has 0 spiro atoms. The van der Waals surface area contributed by atoms with Crippen LogP contribution < -0.4 is 5.32 Å². The molecule has 32 heavy (non-hydrogen) atoms. The van der Waals surface area contributed by atoms with Crippen LogP contribution >= 0.6 is 0 Å². The van der Waals surface area contributed by atoms with Gasteiger partial charge in [-0.2, -0.15) is 0 Å². The van der Waals surface area contributed by atoms with Crippen LogP contribution in [0.2, 0.25) is 0 Å². The molecule has 1 aromatic carbocycles. The molecule has 158 valence electrons. The lowest BCUT2D eigenvalue weighted by molar-refractivity contribution is 0.0944. The van der Waals surface area contributed by atoms with Gasteiger partial charge < -0.3 is 9.88 Å². The number of amides is 1. The first kappa shape index (κ1) is 18.7. The maximum absolute atomic E-state index is 13.3. The summed E-state index contributed by atoms with van der Waals surface area (Å²) in [6.45, 7) is 1.36. The van der Waals surface area contributed by atoms with Gasteiger partial charge in [0, 0.05) is 43.3 Å². The van der Waals surface area contributed by atoms with Crippen LogP contribution in [0.15, 0.2) is 73.3 Å². The van der Waals surface area contributed by atoms with Gasteiger partial charge >= 0.3 is 0 Å². The van der Waals surface area contributed by atoms with Crippen molar-refractivity contribution >= 4 is 27.8 Å². The third-order valence-electron chi connectivity index (χ3n) is 6.02. The number of para-hydroxylation sites is 1. The molecular weight excluding hydrogens is 400 g/mol. The van der Waals surface area contributed by atoms with Gasteiger partial charge in [0.1, 0.15) is 5.69 Å². The molecule has 1 aliphatic carbocycles. The fraction of sp³-hybridized carbons (Fsp3) is 0.200. The number of nitrogens with one attached hydrogen (secondary N) is 1. The predicted octanol–water partition coefficient (Wildman–Crippen LogP) is 4.11. The van der Waals surface area contributed by atoms with Crippen molar-refractivity contribution in [2.75, 3.05) is 0 Å². The van der Waals surface area contributed by atoms with Crippen LogP contribution in [0.3, 0.4) is 0 Å². The molecule has 0 aliphatic heterocycles. The van der Waals surface area contributed by atoms with E-state index in [2.05, 4.69) is 43.0 Å². The highest BCUT2D eigenvalue weighted by Gasteiger charge is 2.27. The quantitative estimate of drug-likeness (QED) is 0.447. The van der Waals surface area contributed by atoms with Gasteiger partial charge in [-0.05, 0) is 48.6 Å². The lowest BCUT2D eigenvalue weighted by Crippen LogP contribution is -2.25. The van der Waals surface area contributed by atoms with Crippen molar-refractivity contribution < 1.29 is 4.79 Å². The third-order valence-corrected chi connectivity index (χ3v) is 6.02. The minimum Gasteiger partial charge on any atom is -0.347 e. The Balaban J connectivity index is 1.52. The van der Waals surface area contributed by atoms with E-state index in [1.165, 1.54) is 18.4 Å². The summed E-state index contributed by atoms with van der Waals surface area (Å²) in [6.07, 6.45) is 9.40. The van der Waals surface area contributed by atoms with E-state index in [1.54, 1.807) is 30.9 Å². The summed E-state index contributed by atoms with van der Waals surface area (Å²) < 4.78 is 4.24. The monoisotopic (exact) mass is 422 g/mol. The first-order valence-electron chi connectivity index (χ1n) is 10.9. The van der Waals surface area contributed by atoms with Crippen LogP contribution in [0, 0.1) is 5.92 Å². The number of hydrogen-bond acceptors (Lipinski definition) is 4. The Labute approximate surface area is 184 Å². The number of fused-ring (bicyclic) bond motifs is 3. The molecule has 0 atom stereocenters. The molecule has 0 unspecified atom stereocenters. The molecule has 7 heteroatoms. The number of pyridine rings is 1. The molecule has 4 heterocycles. The smallest absolute Gasteiger partial charge is 0.268 e. The Bertz CT molecular complexity index is 1420. The van der Waals surface area contributed by atoms with Crippen LogP contribution in [0.1, 0.15) is 28.9 Å². The van der Waals surface area contributed by atoms with Crippen molar-refractivity contribution in [3.63, 3.8) is 0 Å². The number of carbonyl (C=O) groups is 1. The molecule has 6 rings (SSSR count). The van der Waals surface area contributed by atoms with Crippen LogP contribution in [0.4, 0.5) is 0 Å². The lowest BCUT2D eigenvalue weighted by Gasteiger charge is -2.10. The molecule has 1 amide bonds. The van der Waals surface area contributed by atoms with E-state index in [9.17, 15) is 4.79 Å². The Hall–Kier alpha value is -4.00. The van der Waals surface area contributed by atoms with Crippen molar-refractivity contribution in [3.8, 4) is 5.95 Å². The van der Waals surface area contributed by atoms with E-state index in [4.69, 9.17) is 0 Å². The fourth-order valence-corrected chi connectivity index (χ4v) is 4.31. The normalized spacial score (nSPS) is 13.6. The standard InChI is InChI=1S/C25H22N6O/c32-24(29-15-18-5-3-10-26-14-18)22-13-21-23(31(22)25-27-11-4-12-28-25)19-6-1-2-7-20(19)30(21)16-17-8-9-17/h1-7,10-14,17H,8-9,15-16H2,(H,29,32). The van der Waals surface area contributed by atoms with E-state index in [-0.39, 0.29) is 5.91 Å². The van der Waals surface area contributed by atoms with Gasteiger partial charge in [-0.15, -0.1) is 0 Å². The molecule has 1 N–H and O–H groups in total. The Morgan fingerprint density at radius 3 is 2.62 bits per heavy atom. The van der Waals surface area contributed by atoms with Crippen molar-refractivity contribution in [1.29, 1.82) is 0 Å². The Morgan fingerprint density at radius 2 is 1.84 bits per heavy atom. The molecule has 0 saturated heterocycles. The SMILES string of the molecule is O=C(NCc1cccnc1)c1cc2c(c3ccccc3n2CC2CC2)n1-c1ncccn1. The molecule has 1 aliphatic rings. The van der Waals surface area contributed by atoms with Gasteiger partial charge in [0.2, 0.25) is 5.95 Å². The highest BCUT2D eigenvalue weighted by molar-refractivity contribution is 6.10. The number of hydrogen-bond donors (Lipinski definition) is 1. The second kappa shape index (κ2) is 7.60. The molecule has 1 saturated carbocycles. The number of nitrogens with zero attached hydrogens (tertiary/aromatic N) is 5. The average molecular weight is 422 g/mol. The lowest BCUT2D eigenvalue weighted by atomic mass is 10.2. The van der Waals surface area contributed by atoms with Crippen molar-refractivity contribution in [3.05, 3.63) is 84.6 Å². The first-order valence-corrected chi connectivity index (χ1v) is 10.9. The van der Waals surface area contributed by atoms with Crippen molar-refractivity contribution in [2.24, 2.45) is 5.92 Å². The highest BCUT2D eigenvalue weighted by Crippen LogP contribution is 2.37. The van der Waals surface area contributed by atoms with E-state index >= 15 is 0 Å². The summed E-state index contributed by atoms with van der Waals surface area (Å²) in [5.74, 6) is 1.02. The molecule has 0 radical (unpaired) electrons. The summed E-state index contributed by atoms with van der Waals surface area (Å²) in [4.78, 5) is 26.4. The van der Waals surface area contributed by atoms with Crippen LogP contribution in [-0.2, 0) is 13.1 Å². The third kappa shape index (κ3) is 3.22. The van der Waals surface area contributed by atoms with Crippen molar-refractivity contribution in [2.45, 2.75) is 25.9 Å². The van der Waals surface area contributed by atoms with E-state index in [0.29, 0.717) is 24.1 Å². The van der Waals surface area contributed by atoms with Gasteiger partial charge in [-0.25, -0.2) is 9.97 Å². The molecule has 0 bridgehead atoms. The number of carbonyl (C=O) groups excluding carboxylic acids is 1. The topological polar surface area (TPSA) is 77.6 Å². The zero-order valence-electron chi connectivity index (χ0n) is 17.5. The largest absolute Gasteiger partial charge is 0.347 e. The minimum absolute atomic E-state index is 0.167. The summed E-state index contributed by atoms with van der Waals surface area (Å²) in [5, 5.41) is 4.13. The first-order chi connectivity index (χ1) is 15.8. The summed E-state index contributed by atoms with van der Waals surface area (Å²) in [6, 6.07) is 15.9. The molecule has 5 aromatic rings. The molecule has 4 aromatic heterocycles. The van der Waals surface area contributed by atoms with Crippen LogP contribution in [-0.4, -0.2) is 30.0 Å². The van der Waals surface area contributed by atoms with E-state index in [0.717, 1.165) is 28.5 Å². The molecule has 1 fully saturated rings. The Kier molecular flexibility index (Phi) is 4.45. The maximum atomic E-state index is 13.3. The molecular formula is C25H22N6O. The number of aromatic nitrogens is 5. The summed E-state index contributed by atoms with van der Waals surface area (Å²) in [5.41, 5.74) is 4.66. The van der Waals surface area contributed by atoms with Gasteiger partial charge in [-0.1, -0.05) is 24.3 Å². The summed E-state index contributed by atoms with van der Waals surface area (Å²) >= 11 is 0. The summed E-state index contributed by atoms with van der Waals surface area (Å²) in [7, 11) is 0. The Morgan fingerprint density at radius 1 is 1.00 bits per heavy atom. The zero-order chi connectivity index (χ0) is 21.5. The van der Waals surface area contributed by atoms with E-state index in [1.807, 2.05) is 28.8 Å². The molecule has 7 nitrogen and oxygen atoms in total. The second-order valence-electron chi connectivity index (χ2n) is 8.26. The van der Waals surface area contributed by atoms with Crippen molar-refractivity contribution in [1.82, 2.24) is 29.4 Å². The van der Waals surface area contributed by atoms with Gasteiger partial charge in [-0.3, -0.25) is 14.3 Å². The predicted molar refractivity (Wildman–Crippen MR) is 122 cm³/mol. The number of rotatable bonds is 6.